The molecule has 0 spiro atoms. The van der Waals surface area contributed by atoms with Gasteiger partial charge in [0.2, 0.25) is 5.91 Å². The van der Waals surface area contributed by atoms with Crippen LogP contribution in [0.2, 0.25) is 0 Å². The lowest BCUT2D eigenvalue weighted by atomic mass is 10.2. The highest BCUT2D eigenvalue weighted by Gasteiger charge is 2.26. The van der Waals surface area contributed by atoms with Crippen LogP contribution in [0, 0.1) is 0 Å². The fraction of sp³-hybridized carbons (Fsp3) is 0.909. The summed E-state index contributed by atoms with van der Waals surface area (Å²) >= 11 is 0. The molecule has 1 heterocycles. The molecule has 2 N–H and O–H groups in total. The molecule has 4 heteroatoms. The number of hydrogen-bond acceptors (Lipinski definition) is 3. The summed E-state index contributed by atoms with van der Waals surface area (Å²) in [5.41, 5.74) is 0. The standard InChI is InChI=1S/C11H21N3O/c1-14(9-4-5-9)8-7-13-11(15)10-3-2-6-12-10/h9-10,12H,2-8H2,1H3,(H,13,15)/t10-/m1/s1. The van der Waals surface area contributed by atoms with Gasteiger partial charge < -0.3 is 15.5 Å². The molecule has 1 atom stereocenters. The Balaban J connectivity index is 1.58. The predicted octanol–water partition coefficient (Wildman–Crippen LogP) is -0.0512. The highest BCUT2D eigenvalue weighted by Crippen LogP contribution is 2.24. The first-order valence-electron chi connectivity index (χ1n) is 5.98. The number of nitrogens with one attached hydrogen (secondary N) is 2. The molecule has 1 saturated heterocycles. The quantitative estimate of drug-likeness (QED) is 0.670. The largest absolute Gasteiger partial charge is 0.353 e. The smallest absolute Gasteiger partial charge is 0.237 e. The van der Waals surface area contributed by atoms with E-state index in [0.717, 1.165) is 38.5 Å². The zero-order valence-electron chi connectivity index (χ0n) is 9.46. The molecule has 1 aliphatic carbocycles. The number of nitrogens with zero attached hydrogens (tertiary/aromatic N) is 1. The average molecular weight is 211 g/mol. The molecule has 0 unspecified atom stereocenters. The van der Waals surface area contributed by atoms with E-state index in [4.69, 9.17) is 0 Å². The third kappa shape index (κ3) is 3.18. The van der Waals surface area contributed by atoms with Gasteiger partial charge in [0.1, 0.15) is 0 Å². The summed E-state index contributed by atoms with van der Waals surface area (Å²) in [4.78, 5) is 14.0. The van der Waals surface area contributed by atoms with Gasteiger partial charge in [-0.1, -0.05) is 0 Å². The van der Waals surface area contributed by atoms with Crippen molar-refractivity contribution in [1.82, 2.24) is 15.5 Å². The topological polar surface area (TPSA) is 44.4 Å². The Bertz CT molecular complexity index is 222. The third-order valence-corrected chi connectivity index (χ3v) is 3.31. The minimum absolute atomic E-state index is 0.0660. The van der Waals surface area contributed by atoms with Gasteiger partial charge in [-0.05, 0) is 39.3 Å². The Morgan fingerprint density at radius 2 is 2.27 bits per heavy atom. The van der Waals surface area contributed by atoms with E-state index in [1.165, 1.54) is 12.8 Å². The van der Waals surface area contributed by atoms with E-state index in [0.29, 0.717) is 0 Å². The number of hydrogen-bond donors (Lipinski definition) is 2. The first-order chi connectivity index (χ1) is 7.27. The minimum atomic E-state index is 0.0660. The van der Waals surface area contributed by atoms with E-state index >= 15 is 0 Å². The summed E-state index contributed by atoms with van der Waals surface area (Å²) < 4.78 is 0. The third-order valence-electron chi connectivity index (χ3n) is 3.31. The number of rotatable bonds is 5. The molecular formula is C11H21N3O. The molecule has 2 fully saturated rings. The summed E-state index contributed by atoms with van der Waals surface area (Å²) in [5.74, 6) is 0.177. The predicted molar refractivity (Wildman–Crippen MR) is 59.7 cm³/mol. The summed E-state index contributed by atoms with van der Waals surface area (Å²) in [6.45, 7) is 2.74. The van der Waals surface area contributed by atoms with Crippen molar-refractivity contribution in [3.63, 3.8) is 0 Å². The second-order valence-electron chi connectivity index (χ2n) is 4.65. The number of carbonyl (C=O) groups excluding carboxylic acids is 1. The molecule has 1 amide bonds. The van der Waals surface area contributed by atoms with Crippen molar-refractivity contribution < 1.29 is 4.79 Å². The highest BCUT2D eigenvalue weighted by atomic mass is 16.2. The van der Waals surface area contributed by atoms with Crippen molar-refractivity contribution in [3.05, 3.63) is 0 Å². The Morgan fingerprint density at radius 1 is 1.47 bits per heavy atom. The molecule has 0 radical (unpaired) electrons. The SMILES string of the molecule is CN(CCNC(=O)[C@H]1CCCN1)C1CC1. The van der Waals surface area contributed by atoms with E-state index in [-0.39, 0.29) is 11.9 Å². The van der Waals surface area contributed by atoms with Crippen LogP contribution in [0.25, 0.3) is 0 Å². The van der Waals surface area contributed by atoms with Gasteiger partial charge in [-0.15, -0.1) is 0 Å². The summed E-state index contributed by atoms with van der Waals surface area (Å²) in [6, 6.07) is 0.850. The lowest BCUT2D eigenvalue weighted by Gasteiger charge is -2.17. The monoisotopic (exact) mass is 211 g/mol. The van der Waals surface area contributed by atoms with E-state index in [2.05, 4.69) is 22.6 Å². The van der Waals surface area contributed by atoms with Crippen LogP contribution in [0.15, 0.2) is 0 Å². The molecule has 0 bridgehead atoms. The van der Waals surface area contributed by atoms with E-state index in [1.807, 2.05) is 0 Å². The van der Waals surface area contributed by atoms with Gasteiger partial charge >= 0.3 is 0 Å². The normalized spacial score (nSPS) is 25.9. The van der Waals surface area contributed by atoms with Crippen molar-refractivity contribution in [1.29, 1.82) is 0 Å². The van der Waals surface area contributed by atoms with E-state index < -0.39 is 0 Å². The Kier molecular flexibility index (Phi) is 3.59. The Labute approximate surface area is 91.4 Å². The van der Waals surface area contributed by atoms with Gasteiger partial charge in [-0.25, -0.2) is 0 Å². The molecule has 1 saturated carbocycles. The fourth-order valence-electron chi connectivity index (χ4n) is 2.08. The molecule has 1 aliphatic heterocycles. The molecule has 86 valence electrons. The van der Waals surface area contributed by atoms with Gasteiger partial charge in [-0.2, -0.15) is 0 Å². The molecule has 0 aromatic rings. The van der Waals surface area contributed by atoms with Gasteiger partial charge in [-0.3, -0.25) is 4.79 Å². The lowest BCUT2D eigenvalue weighted by molar-refractivity contribution is -0.122. The number of likely N-dealkylation sites (N-methyl/N-ethyl adjacent to an activating group) is 1. The Hall–Kier alpha value is -0.610. The maximum absolute atomic E-state index is 11.6. The molecule has 2 aliphatic rings. The molecule has 0 aromatic heterocycles. The number of amides is 1. The molecule has 15 heavy (non-hydrogen) atoms. The molecular weight excluding hydrogens is 190 g/mol. The van der Waals surface area contributed by atoms with Gasteiger partial charge in [0, 0.05) is 19.1 Å². The van der Waals surface area contributed by atoms with Crippen LogP contribution < -0.4 is 10.6 Å². The van der Waals surface area contributed by atoms with Crippen LogP contribution in [0.4, 0.5) is 0 Å². The molecule has 0 aromatic carbocycles. The van der Waals surface area contributed by atoms with Crippen molar-refractivity contribution >= 4 is 5.91 Å². The van der Waals surface area contributed by atoms with Crippen molar-refractivity contribution in [2.75, 3.05) is 26.7 Å². The summed E-state index contributed by atoms with van der Waals surface area (Å²) in [5, 5.41) is 6.20. The van der Waals surface area contributed by atoms with Crippen LogP contribution >= 0.6 is 0 Å². The van der Waals surface area contributed by atoms with Crippen LogP contribution in [0.5, 0.6) is 0 Å². The Morgan fingerprint density at radius 3 is 2.87 bits per heavy atom. The van der Waals surface area contributed by atoms with Crippen molar-refractivity contribution in [3.8, 4) is 0 Å². The minimum Gasteiger partial charge on any atom is -0.353 e. The maximum atomic E-state index is 11.6. The number of carbonyl (C=O) groups is 1. The second kappa shape index (κ2) is 4.94. The summed E-state index contributed by atoms with van der Waals surface area (Å²) in [7, 11) is 2.14. The van der Waals surface area contributed by atoms with Crippen molar-refractivity contribution in [2.45, 2.75) is 37.8 Å². The van der Waals surface area contributed by atoms with Gasteiger partial charge in [0.05, 0.1) is 6.04 Å². The summed E-state index contributed by atoms with van der Waals surface area (Å²) in [6.07, 6.45) is 4.77. The van der Waals surface area contributed by atoms with Crippen molar-refractivity contribution in [2.24, 2.45) is 0 Å². The fourth-order valence-corrected chi connectivity index (χ4v) is 2.08. The van der Waals surface area contributed by atoms with E-state index in [9.17, 15) is 4.79 Å². The van der Waals surface area contributed by atoms with Gasteiger partial charge in [0.25, 0.3) is 0 Å². The van der Waals surface area contributed by atoms with E-state index in [1.54, 1.807) is 0 Å². The lowest BCUT2D eigenvalue weighted by Crippen LogP contribution is -2.43. The molecule has 2 rings (SSSR count). The highest BCUT2D eigenvalue weighted by molar-refractivity contribution is 5.81. The van der Waals surface area contributed by atoms with Crippen LogP contribution in [0.3, 0.4) is 0 Å². The zero-order valence-corrected chi connectivity index (χ0v) is 9.46. The van der Waals surface area contributed by atoms with Crippen LogP contribution in [0.1, 0.15) is 25.7 Å². The van der Waals surface area contributed by atoms with Gasteiger partial charge in [0.15, 0.2) is 0 Å². The zero-order chi connectivity index (χ0) is 10.7. The maximum Gasteiger partial charge on any atom is 0.237 e. The average Bonchev–Trinajstić information content (AvgIpc) is 2.93. The van der Waals surface area contributed by atoms with Crippen LogP contribution in [-0.2, 0) is 4.79 Å². The first-order valence-corrected chi connectivity index (χ1v) is 5.98. The van der Waals surface area contributed by atoms with Crippen LogP contribution in [-0.4, -0.2) is 49.6 Å². The first kappa shape index (κ1) is 10.9. The second-order valence-corrected chi connectivity index (χ2v) is 4.65. The molecule has 4 nitrogen and oxygen atoms in total.